The summed E-state index contributed by atoms with van der Waals surface area (Å²) >= 11 is 0. The molecule has 0 spiro atoms. The number of ether oxygens (including phenoxy) is 1. The Hall–Kier alpha value is -1.36. The van der Waals surface area contributed by atoms with Crippen molar-refractivity contribution < 1.29 is 4.74 Å². The number of nitrogens with two attached hydrogens (primary N) is 1. The molecule has 112 valence electrons. The fourth-order valence-electron chi connectivity index (χ4n) is 2.75. The summed E-state index contributed by atoms with van der Waals surface area (Å²) in [5, 5.41) is 0. The highest BCUT2D eigenvalue weighted by Gasteiger charge is 2.28. The van der Waals surface area contributed by atoms with Crippen molar-refractivity contribution in [2.24, 2.45) is 11.3 Å². The number of hydrogen-bond donors (Lipinski definition) is 2. The number of aromatic nitrogens is 2. The molecule has 1 saturated carbocycles. The van der Waals surface area contributed by atoms with Crippen molar-refractivity contribution in [3.63, 3.8) is 0 Å². The molecule has 1 heterocycles. The lowest BCUT2D eigenvalue weighted by atomic mass is 9.76. The maximum atomic E-state index is 6.13. The Morgan fingerprint density at radius 3 is 2.65 bits per heavy atom. The molecule has 0 bridgehead atoms. The van der Waals surface area contributed by atoms with E-state index in [2.05, 4.69) is 36.2 Å². The van der Waals surface area contributed by atoms with Gasteiger partial charge in [0.1, 0.15) is 18.2 Å². The van der Waals surface area contributed by atoms with Crippen LogP contribution in [-0.2, 0) is 6.42 Å². The predicted octanol–water partition coefficient (Wildman–Crippen LogP) is 3.06. The molecule has 3 N–H and O–H groups in total. The molecule has 0 unspecified atom stereocenters. The minimum atomic E-state index is 0.263. The van der Waals surface area contributed by atoms with E-state index in [0.29, 0.717) is 17.1 Å². The van der Waals surface area contributed by atoms with Crippen LogP contribution in [-0.4, -0.2) is 16.1 Å². The van der Waals surface area contributed by atoms with Gasteiger partial charge in [-0.1, -0.05) is 27.2 Å². The summed E-state index contributed by atoms with van der Waals surface area (Å²) in [7, 11) is 0. The van der Waals surface area contributed by atoms with Crippen LogP contribution in [0.15, 0.2) is 6.33 Å². The van der Waals surface area contributed by atoms with Crippen LogP contribution in [0.4, 0.5) is 5.82 Å². The number of nitrogens with zero attached hydrogens (tertiary/aromatic N) is 2. The van der Waals surface area contributed by atoms with E-state index in [1.165, 1.54) is 19.2 Å². The molecule has 1 aliphatic carbocycles. The summed E-state index contributed by atoms with van der Waals surface area (Å²) in [6.45, 7) is 6.78. The third-order valence-corrected chi connectivity index (χ3v) is 4.11. The van der Waals surface area contributed by atoms with Gasteiger partial charge in [-0.05, 0) is 37.5 Å². The number of hydrazine groups is 1. The fourth-order valence-corrected chi connectivity index (χ4v) is 2.75. The molecule has 0 aromatic carbocycles. The van der Waals surface area contributed by atoms with E-state index in [1.54, 1.807) is 0 Å². The Morgan fingerprint density at radius 2 is 2.05 bits per heavy atom. The van der Waals surface area contributed by atoms with E-state index < -0.39 is 0 Å². The van der Waals surface area contributed by atoms with E-state index >= 15 is 0 Å². The highest BCUT2D eigenvalue weighted by Crippen LogP contribution is 2.37. The summed E-state index contributed by atoms with van der Waals surface area (Å²) in [5.41, 5.74) is 4.07. The van der Waals surface area contributed by atoms with Gasteiger partial charge in [-0.15, -0.1) is 0 Å². The highest BCUT2D eigenvalue weighted by atomic mass is 16.5. The first-order chi connectivity index (χ1) is 9.55. The lowest BCUT2D eigenvalue weighted by Crippen LogP contribution is -2.29. The van der Waals surface area contributed by atoms with Gasteiger partial charge in [0, 0.05) is 0 Å². The summed E-state index contributed by atoms with van der Waals surface area (Å²) in [4.78, 5) is 8.47. The smallest absolute Gasteiger partial charge is 0.222 e. The standard InChI is InChI=1S/C15H26N4O/c1-4-5-12-13(19-16)17-10-18-14(12)20-11-6-8-15(2,3)9-7-11/h10-11H,4-9,16H2,1-3H3,(H,17,18,19). The molecule has 1 aliphatic rings. The maximum Gasteiger partial charge on any atom is 0.222 e. The molecular weight excluding hydrogens is 252 g/mol. The second-order valence-corrected chi connectivity index (χ2v) is 6.38. The first-order valence-corrected chi connectivity index (χ1v) is 7.53. The first kappa shape index (κ1) is 15.0. The minimum absolute atomic E-state index is 0.263. The van der Waals surface area contributed by atoms with E-state index in [0.717, 1.165) is 31.2 Å². The van der Waals surface area contributed by atoms with Gasteiger partial charge >= 0.3 is 0 Å². The lowest BCUT2D eigenvalue weighted by molar-refractivity contribution is 0.0939. The third-order valence-electron chi connectivity index (χ3n) is 4.11. The molecule has 0 aliphatic heterocycles. The molecule has 0 atom stereocenters. The van der Waals surface area contributed by atoms with Crippen molar-refractivity contribution in [1.82, 2.24) is 9.97 Å². The summed E-state index contributed by atoms with van der Waals surface area (Å²) in [6, 6.07) is 0. The fraction of sp³-hybridized carbons (Fsp3) is 0.733. The molecule has 1 fully saturated rings. The minimum Gasteiger partial charge on any atom is -0.474 e. The van der Waals surface area contributed by atoms with Gasteiger partial charge in [0.05, 0.1) is 5.56 Å². The van der Waals surface area contributed by atoms with Crippen LogP contribution in [0.25, 0.3) is 0 Å². The van der Waals surface area contributed by atoms with Crippen molar-refractivity contribution in [1.29, 1.82) is 0 Å². The first-order valence-electron chi connectivity index (χ1n) is 7.53. The van der Waals surface area contributed by atoms with Crippen LogP contribution in [0, 0.1) is 5.41 Å². The van der Waals surface area contributed by atoms with Gasteiger partial charge < -0.3 is 10.2 Å². The summed E-state index contributed by atoms with van der Waals surface area (Å²) < 4.78 is 6.13. The van der Waals surface area contributed by atoms with Crippen LogP contribution < -0.4 is 16.0 Å². The molecule has 20 heavy (non-hydrogen) atoms. The van der Waals surface area contributed by atoms with Crippen LogP contribution in [0.3, 0.4) is 0 Å². The largest absolute Gasteiger partial charge is 0.474 e. The second-order valence-electron chi connectivity index (χ2n) is 6.38. The van der Waals surface area contributed by atoms with Crippen molar-refractivity contribution >= 4 is 5.82 Å². The van der Waals surface area contributed by atoms with Crippen LogP contribution in [0.2, 0.25) is 0 Å². The van der Waals surface area contributed by atoms with Crippen LogP contribution in [0.5, 0.6) is 5.88 Å². The number of nitrogens with one attached hydrogen (secondary N) is 1. The predicted molar refractivity (Wildman–Crippen MR) is 80.5 cm³/mol. The SMILES string of the molecule is CCCc1c(NN)ncnc1OC1CCC(C)(C)CC1. The molecular formula is C15H26N4O. The topological polar surface area (TPSA) is 73.1 Å². The summed E-state index contributed by atoms with van der Waals surface area (Å²) in [6.07, 6.45) is 8.24. The molecule has 5 heteroatoms. The Bertz CT molecular complexity index is 437. The van der Waals surface area contributed by atoms with Gasteiger partial charge in [-0.3, -0.25) is 0 Å². The van der Waals surface area contributed by atoms with Crippen LogP contribution >= 0.6 is 0 Å². The number of nitrogen functional groups attached to an aromatic ring is 1. The summed E-state index contributed by atoms with van der Waals surface area (Å²) in [5.74, 6) is 6.89. The Kier molecular flexibility index (Phi) is 4.81. The molecule has 2 rings (SSSR count). The van der Waals surface area contributed by atoms with Crippen molar-refractivity contribution in [3.8, 4) is 5.88 Å². The van der Waals surface area contributed by atoms with Crippen molar-refractivity contribution in [2.75, 3.05) is 5.43 Å². The lowest BCUT2D eigenvalue weighted by Gasteiger charge is -2.34. The maximum absolute atomic E-state index is 6.13. The van der Waals surface area contributed by atoms with Crippen molar-refractivity contribution in [2.45, 2.75) is 65.4 Å². The van der Waals surface area contributed by atoms with Gasteiger partial charge in [-0.2, -0.15) is 0 Å². The van der Waals surface area contributed by atoms with Gasteiger partial charge in [-0.25, -0.2) is 15.8 Å². The molecule has 1 aromatic heterocycles. The average molecular weight is 278 g/mol. The number of hydrogen-bond acceptors (Lipinski definition) is 5. The zero-order chi connectivity index (χ0) is 14.6. The van der Waals surface area contributed by atoms with E-state index in [-0.39, 0.29) is 6.10 Å². The normalized spacial score (nSPS) is 18.8. The highest BCUT2D eigenvalue weighted by molar-refractivity contribution is 5.47. The van der Waals surface area contributed by atoms with Gasteiger partial charge in [0.2, 0.25) is 5.88 Å². The molecule has 0 saturated heterocycles. The van der Waals surface area contributed by atoms with Crippen molar-refractivity contribution in [3.05, 3.63) is 11.9 Å². The molecule has 0 amide bonds. The van der Waals surface area contributed by atoms with E-state index in [4.69, 9.17) is 10.6 Å². The van der Waals surface area contributed by atoms with E-state index in [9.17, 15) is 0 Å². The van der Waals surface area contributed by atoms with E-state index in [1.807, 2.05) is 0 Å². The quantitative estimate of drug-likeness (QED) is 0.639. The number of rotatable bonds is 5. The Labute approximate surface area is 121 Å². The average Bonchev–Trinajstić information content (AvgIpc) is 2.43. The zero-order valence-corrected chi connectivity index (χ0v) is 12.8. The third kappa shape index (κ3) is 3.60. The Morgan fingerprint density at radius 1 is 1.35 bits per heavy atom. The van der Waals surface area contributed by atoms with Gasteiger partial charge in [0.15, 0.2) is 0 Å². The monoisotopic (exact) mass is 278 g/mol. The molecule has 0 radical (unpaired) electrons. The molecule has 1 aromatic rings. The van der Waals surface area contributed by atoms with Crippen LogP contribution in [0.1, 0.15) is 58.4 Å². The zero-order valence-electron chi connectivity index (χ0n) is 12.8. The number of anilines is 1. The van der Waals surface area contributed by atoms with Gasteiger partial charge in [0.25, 0.3) is 0 Å². The molecule has 5 nitrogen and oxygen atoms in total. The second kappa shape index (κ2) is 6.39. The Balaban J connectivity index is 2.09.